The molecular formula is C24H14N2S. The highest BCUT2D eigenvalue weighted by Gasteiger charge is 2.16. The fraction of sp³-hybridized carbons (Fsp3) is 0. The molecule has 0 N–H and O–H groups in total. The Morgan fingerprint density at radius 3 is 2.15 bits per heavy atom. The van der Waals surface area contributed by atoms with E-state index in [1.54, 1.807) is 0 Å². The van der Waals surface area contributed by atoms with Gasteiger partial charge in [-0.1, -0.05) is 60.7 Å². The van der Waals surface area contributed by atoms with E-state index in [-0.39, 0.29) is 0 Å². The van der Waals surface area contributed by atoms with E-state index in [0.717, 1.165) is 22.3 Å². The first-order valence-electron chi connectivity index (χ1n) is 8.94. The summed E-state index contributed by atoms with van der Waals surface area (Å²) in [4.78, 5) is 9.85. The molecular weight excluding hydrogens is 348 g/mol. The van der Waals surface area contributed by atoms with E-state index < -0.39 is 0 Å². The van der Waals surface area contributed by atoms with Crippen LogP contribution < -0.4 is 0 Å². The highest BCUT2D eigenvalue weighted by Crippen LogP contribution is 2.40. The molecule has 0 aliphatic carbocycles. The molecule has 0 amide bonds. The lowest BCUT2D eigenvalue weighted by molar-refractivity contribution is 1.32. The molecule has 0 aliphatic rings. The Labute approximate surface area is 159 Å². The van der Waals surface area contributed by atoms with Gasteiger partial charge >= 0.3 is 0 Å². The smallest absolute Gasteiger partial charge is 0.0985 e. The van der Waals surface area contributed by atoms with Gasteiger partial charge < -0.3 is 0 Å². The first kappa shape index (κ1) is 14.8. The maximum Gasteiger partial charge on any atom is 0.0985 e. The minimum atomic E-state index is 0.957. The predicted octanol–water partition coefficient (Wildman–Crippen LogP) is 6.82. The molecule has 3 aromatic heterocycles. The Balaban J connectivity index is 1.83. The second kappa shape index (κ2) is 5.60. The Bertz CT molecular complexity index is 1480. The summed E-state index contributed by atoms with van der Waals surface area (Å²) in [5.41, 5.74) is 2.93. The summed E-state index contributed by atoms with van der Waals surface area (Å²) >= 11 is 1.81. The third-order valence-corrected chi connectivity index (χ3v) is 6.26. The zero-order chi connectivity index (χ0) is 17.8. The number of benzene rings is 3. The maximum atomic E-state index is 5.05. The molecule has 0 fully saturated rings. The standard InChI is InChI=1S/C24H14N2S/c1-2-9-17-15(7-1)16-8-3-5-11-19(16)26-23(17)24-22-18-10-4-6-12-20(18)27-21(22)13-14-25-24/h1-14H. The SMILES string of the molecule is c1ccc2c(c1)nc(-c1nccc3sc4ccccc4c13)c1ccccc12. The minimum absolute atomic E-state index is 0.957. The van der Waals surface area contributed by atoms with Gasteiger partial charge in [-0.2, -0.15) is 0 Å². The van der Waals surface area contributed by atoms with Crippen molar-refractivity contribution in [1.29, 1.82) is 0 Å². The molecule has 6 aromatic rings. The molecule has 3 aromatic carbocycles. The van der Waals surface area contributed by atoms with Gasteiger partial charge in [0.2, 0.25) is 0 Å². The Morgan fingerprint density at radius 2 is 1.26 bits per heavy atom. The van der Waals surface area contributed by atoms with Crippen molar-refractivity contribution < 1.29 is 0 Å². The van der Waals surface area contributed by atoms with E-state index in [2.05, 4.69) is 72.8 Å². The summed E-state index contributed by atoms with van der Waals surface area (Å²) < 4.78 is 2.53. The number of fused-ring (bicyclic) bond motifs is 6. The molecule has 27 heavy (non-hydrogen) atoms. The van der Waals surface area contributed by atoms with Crippen LogP contribution in [-0.4, -0.2) is 9.97 Å². The third-order valence-electron chi connectivity index (χ3n) is 5.12. The van der Waals surface area contributed by atoms with Crippen LogP contribution in [0, 0.1) is 0 Å². The first-order chi connectivity index (χ1) is 13.4. The predicted molar refractivity (Wildman–Crippen MR) is 115 cm³/mol. The van der Waals surface area contributed by atoms with Crippen molar-refractivity contribution in [2.45, 2.75) is 0 Å². The van der Waals surface area contributed by atoms with E-state index in [0.29, 0.717) is 0 Å². The molecule has 0 saturated heterocycles. The van der Waals surface area contributed by atoms with Crippen molar-refractivity contribution in [2.24, 2.45) is 0 Å². The summed E-state index contributed by atoms with van der Waals surface area (Å²) in [6.07, 6.45) is 1.90. The fourth-order valence-electron chi connectivity index (χ4n) is 3.93. The lowest BCUT2D eigenvalue weighted by Gasteiger charge is -2.10. The molecule has 3 heteroatoms. The van der Waals surface area contributed by atoms with Crippen LogP contribution in [0.15, 0.2) is 85.1 Å². The molecule has 3 heterocycles. The van der Waals surface area contributed by atoms with Crippen molar-refractivity contribution in [3.8, 4) is 11.4 Å². The fourth-order valence-corrected chi connectivity index (χ4v) is 5.04. The first-order valence-corrected chi connectivity index (χ1v) is 9.76. The number of rotatable bonds is 1. The van der Waals surface area contributed by atoms with E-state index in [4.69, 9.17) is 9.97 Å². The second-order valence-electron chi connectivity index (χ2n) is 6.65. The minimum Gasteiger partial charge on any atom is -0.254 e. The number of pyridine rings is 2. The summed E-state index contributed by atoms with van der Waals surface area (Å²) in [7, 11) is 0. The zero-order valence-corrected chi connectivity index (χ0v) is 15.2. The summed E-state index contributed by atoms with van der Waals surface area (Å²) in [5, 5.41) is 5.99. The summed E-state index contributed by atoms with van der Waals surface area (Å²) in [6.45, 7) is 0. The van der Waals surface area contributed by atoms with Gasteiger partial charge in [-0.25, -0.2) is 4.98 Å². The van der Waals surface area contributed by atoms with Gasteiger partial charge in [-0.05, 0) is 23.6 Å². The average Bonchev–Trinajstić information content (AvgIpc) is 3.12. The number of para-hydroxylation sites is 1. The Morgan fingerprint density at radius 1 is 0.556 bits per heavy atom. The zero-order valence-electron chi connectivity index (χ0n) is 14.4. The Kier molecular flexibility index (Phi) is 3.07. The lowest BCUT2D eigenvalue weighted by atomic mass is 10.0. The van der Waals surface area contributed by atoms with Gasteiger partial charge in [0.15, 0.2) is 0 Å². The third kappa shape index (κ3) is 2.12. The van der Waals surface area contributed by atoms with Crippen LogP contribution in [0.1, 0.15) is 0 Å². The topological polar surface area (TPSA) is 25.8 Å². The van der Waals surface area contributed by atoms with Crippen molar-refractivity contribution >= 4 is 53.2 Å². The van der Waals surface area contributed by atoms with Crippen molar-refractivity contribution in [3.63, 3.8) is 0 Å². The molecule has 0 bridgehead atoms. The van der Waals surface area contributed by atoms with Crippen LogP contribution in [0.2, 0.25) is 0 Å². The molecule has 0 unspecified atom stereocenters. The van der Waals surface area contributed by atoms with E-state index >= 15 is 0 Å². The molecule has 0 atom stereocenters. The van der Waals surface area contributed by atoms with E-state index in [9.17, 15) is 0 Å². The molecule has 0 aliphatic heterocycles. The monoisotopic (exact) mass is 362 g/mol. The Hall–Kier alpha value is -3.30. The van der Waals surface area contributed by atoms with Crippen LogP contribution >= 0.6 is 11.3 Å². The summed E-state index contributed by atoms with van der Waals surface area (Å²) in [5.74, 6) is 0. The molecule has 6 rings (SSSR count). The van der Waals surface area contributed by atoms with Crippen molar-refractivity contribution in [2.75, 3.05) is 0 Å². The van der Waals surface area contributed by atoms with E-state index in [1.165, 1.54) is 30.9 Å². The average molecular weight is 362 g/mol. The highest BCUT2D eigenvalue weighted by molar-refractivity contribution is 7.25. The number of aromatic nitrogens is 2. The van der Waals surface area contributed by atoms with Gasteiger partial charge in [0.25, 0.3) is 0 Å². The maximum absolute atomic E-state index is 5.05. The van der Waals surface area contributed by atoms with Gasteiger partial charge in [0, 0.05) is 37.1 Å². The number of nitrogens with zero attached hydrogens (tertiary/aromatic N) is 2. The van der Waals surface area contributed by atoms with E-state index in [1.807, 2.05) is 23.6 Å². The molecule has 126 valence electrons. The van der Waals surface area contributed by atoms with Gasteiger partial charge in [-0.3, -0.25) is 4.98 Å². The largest absolute Gasteiger partial charge is 0.254 e. The van der Waals surface area contributed by atoms with Crippen LogP contribution in [-0.2, 0) is 0 Å². The van der Waals surface area contributed by atoms with Gasteiger partial charge in [-0.15, -0.1) is 11.3 Å². The highest BCUT2D eigenvalue weighted by atomic mass is 32.1. The van der Waals surface area contributed by atoms with Gasteiger partial charge in [0.1, 0.15) is 0 Å². The van der Waals surface area contributed by atoms with Crippen LogP contribution in [0.3, 0.4) is 0 Å². The van der Waals surface area contributed by atoms with Crippen LogP contribution in [0.4, 0.5) is 0 Å². The normalized spacial score (nSPS) is 11.7. The van der Waals surface area contributed by atoms with Crippen molar-refractivity contribution in [3.05, 3.63) is 85.1 Å². The molecule has 0 spiro atoms. The quantitative estimate of drug-likeness (QED) is 0.300. The lowest BCUT2D eigenvalue weighted by Crippen LogP contribution is -1.92. The van der Waals surface area contributed by atoms with Gasteiger partial charge in [0.05, 0.1) is 16.9 Å². The van der Waals surface area contributed by atoms with Crippen LogP contribution in [0.5, 0.6) is 0 Å². The number of thiophene rings is 1. The molecule has 2 nitrogen and oxygen atoms in total. The molecule has 0 saturated carbocycles. The summed E-state index contributed by atoms with van der Waals surface area (Å²) in [6, 6.07) is 27.5. The number of hydrogen-bond donors (Lipinski definition) is 0. The second-order valence-corrected chi connectivity index (χ2v) is 7.74. The molecule has 0 radical (unpaired) electrons. The van der Waals surface area contributed by atoms with Crippen molar-refractivity contribution in [1.82, 2.24) is 9.97 Å². The number of hydrogen-bond acceptors (Lipinski definition) is 3. The van der Waals surface area contributed by atoms with Crippen LogP contribution in [0.25, 0.3) is 53.2 Å².